The summed E-state index contributed by atoms with van der Waals surface area (Å²) < 4.78 is 0. The van der Waals surface area contributed by atoms with Gasteiger partial charge in [0.05, 0.1) is 5.69 Å². The molecule has 0 saturated carbocycles. The minimum absolute atomic E-state index is 0.845. The molecule has 0 atom stereocenters. The van der Waals surface area contributed by atoms with Gasteiger partial charge in [0.25, 0.3) is 0 Å². The molecule has 1 N–H and O–H groups in total. The van der Waals surface area contributed by atoms with E-state index in [-0.39, 0.29) is 0 Å². The van der Waals surface area contributed by atoms with Crippen LogP contribution in [0.2, 0.25) is 0 Å². The van der Waals surface area contributed by atoms with Crippen molar-refractivity contribution >= 4 is 11.3 Å². The molecule has 0 bridgehead atoms. The Morgan fingerprint density at radius 2 is 2.00 bits per heavy atom. The highest BCUT2D eigenvalue weighted by molar-refractivity contribution is 7.09. The summed E-state index contributed by atoms with van der Waals surface area (Å²) in [7, 11) is 1.94. The van der Waals surface area contributed by atoms with Crippen molar-refractivity contribution in [3.63, 3.8) is 0 Å². The first-order valence-electron chi connectivity index (χ1n) is 5.51. The van der Waals surface area contributed by atoms with Crippen LogP contribution in [0.15, 0.2) is 29.6 Å². The lowest BCUT2D eigenvalue weighted by molar-refractivity contribution is 0.811. The highest BCUT2D eigenvalue weighted by atomic mass is 32.1. The molecular formula is C13H16N2S. The SMILES string of the molecule is CCc1ccc(-c2csc(CNC)n2)cc1. The molecule has 2 nitrogen and oxygen atoms in total. The standard InChI is InChI=1S/C13H16N2S/c1-3-10-4-6-11(7-5-10)12-9-16-13(15-12)8-14-2/h4-7,9,14H,3,8H2,1-2H3. The Morgan fingerprint density at radius 1 is 1.25 bits per heavy atom. The molecule has 0 fully saturated rings. The normalized spacial score (nSPS) is 10.6. The first kappa shape index (κ1) is 11.3. The average Bonchev–Trinajstić information content (AvgIpc) is 2.78. The van der Waals surface area contributed by atoms with Crippen molar-refractivity contribution in [1.29, 1.82) is 0 Å². The number of aryl methyl sites for hydroxylation is 1. The number of hydrogen-bond acceptors (Lipinski definition) is 3. The minimum atomic E-state index is 0.845. The molecule has 0 saturated heterocycles. The molecule has 0 amide bonds. The van der Waals surface area contributed by atoms with E-state index in [4.69, 9.17) is 0 Å². The number of nitrogens with one attached hydrogen (secondary N) is 1. The molecule has 0 spiro atoms. The van der Waals surface area contributed by atoms with Crippen molar-refractivity contribution in [3.8, 4) is 11.3 Å². The van der Waals surface area contributed by atoms with Crippen LogP contribution in [-0.4, -0.2) is 12.0 Å². The summed E-state index contributed by atoms with van der Waals surface area (Å²) in [6.45, 7) is 3.01. The number of aromatic nitrogens is 1. The molecule has 0 aliphatic rings. The molecule has 0 aliphatic heterocycles. The van der Waals surface area contributed by atoms with Crippen LogP contribution in [0.4, 0.5) is 0 Å². The quantitative estimate of drug-likeness (QED) is 0.876. The van der Waals surface area contributed by atoms with Crippen LogP contribution in [0, 0.1) is 0 Å². The van der Waals surface area contributed by atoms with Crippen molar-refractivity contribution in [3.05, 3.63) is 40.2 Å². The Kier molecular flexibility index (Phi) is 3.70. The maximum absolute atomic E-state index is 4.58. The van der Waals surface area contributed by atoms with Crippen LogP contribution in [0.25, 0.3) is 11.3 Å². The number of nitrogens with zero attached hydrogens (tertiary/aromatic N) is 1. The summed E-state index contributed by atoms with van der Waals surface area (Å²) in [5.41, 5.74) is 3.66. The van der Waals surface area contributed by atoms with Crippen molar-refractivity contribution < 1.29 is 0 Å². The van der Waals surface area contributed by atoms with Gasteiger partial charge in [0, 0.05) is 17.5 Å². The van der Waals surface area contributed by atoms with Gasteiger partial charge >= 0.3 is 0 Å². The molecule has 16 heavy (non-hydrogen) atoms. The lowest BCUT2D eigenvalue weighted by atomic mass is 10.1. The van der Waals surface area contributed by atoms with Gasteiger partial charge in [0.2, 0.25) is 0 Å². The maximum atomic E-state index is 4.58. The van der Waals surface area contributed by atoms with Gasteiger partial charge in [-0.3, -0.25) is 0 Å². The summed E-state index contributed by atoms with van der Waals surface area (Å²) in [5.74, 6) is 0. The van der Waals surface area contributed by atoms with Gasteiger partial charge in [0.1, 0.15) is 5.01 Å². The van der Waals surface area contributed by atoms with E-state index in [2.05, 4.69) is 46.9 Å². The van der Waals surface area contributed by atoms with Crippen molar-refractivity contribution in [1.82, 2.24) is 10.3 Å². The van der Waals surface area contributed by atoms with E-state index in [0.29, 0.717) is 0 Å². The molecule has 3 heteroatoms. The second-order valence-electron chi connectivity index (χ2n) is 3.71. The fourth-order valence-corrected chi connectivity index (χ4v) is 2.40. The highest BCUT2D eigenvalue weighted by Gasteiger charge is 2.03. The lowest BCUT2D eigenvalue weighted by Gasteiger charge is -1.99. The van der Waals surface area contributed by atoms with Crippen LogP contribution in [0.3, 0.4) is 0 Å². The van der Waals surface area contributed by atoms with Gasteiger partial charge in [0.15, 0.2) is 0 Å². The third-order valence-corrected chi connectivity index (χ3v) is 3.39. The van der Waals surface area contributed by atoms with Gasteiger partial charge in [-0.15, -0.1) is 11.3 Å². The second kappa shape index (κ2) is 5.23. The molecule has 1 heterocycles. The summed E-state index contributed by atoms with van der Waals surface area (Å²) in [4.78, 5) is 4.58. The zero-order chi connectivity index (χ0) is 11.4. The Hall–Kier alpha value is -1.19. The van der Waals surface area contributed by atoms with Crippen LogP contribution in [0.1, 0.15) is 17.5 Å². The number of rotatable bonds is 4. The molecule has 0 radical (unpaired) electrons. The first-order chi connectivity index (χ1) is 7.83. The van der Waals surface area contributed by atoms with Crippen LogP contribution in [-0.2, 0) is 13.0 Å². The predicted octanol–water partition coefficient (Wildman–Crippen LogP) is 3.09. The zero-order valence-electron chi connectivity index (χ0n) is 9.66. The summed E-state index contributed by atoms with van der Waals surface area (Å²) >= 11 is 1.71. The second-order valence-corrected chi connectivity index (χ2v) is 4.65. The summed E-state index contributed by atoms with van der Waals surface area (Å²) in [6.07, 6.45) is 1.09. The molecule has 1 aromatic carbocycles. The average molecular weight is 232 g/mol. The van der Waals surface area contributed by atoms with Crippen LogP contribution in [0.5, 0.6) is 0 Å². The third-order valence-electron chi connectivity index (χ3n) is 2.54. The van der Waals surface area contributed by atoms with E-state index < -0.39 is 0 Å². The Morgan fingerprint density at radius 3 is 2.62 bits per heavy atom. The number of hydrogen-bond donors (Lipinski definition) is 1. The molecule has 2 aromatic rings. The first-order valence-corrected chi connectivity index (χ1v) is 6.39. The molecule has 84 valence electrons. The van der Waals surface area contributed by atoms with E-state index in [1.165, 1.54) is 11.1 Å². The van der Waals surface area contributed by atoms with E-state index >= 15 is 0 Å². The van der Waals surface area contributed by atoms with Crippen molar-refractivity contribution in [2.24, 2.45) is 0 Å². The molecular weight excluding hydrogens is 216 g/mol. The Labute approximate surface area is 100 Å². The van der Waals surface area contributed by atoms with Crippen LogP contribution < -0.4 is 5.32 Å². The topological polar surface area (TPSA) is 24.9 Å². The largest absolute Gasteiger partial charge is 0.314 e. The van der Waals surface area contributed by atoms with E-state index in [1.54, 1.807) is 11.3 Å². The lowest BCUT2D eigenvalue weighted by Crippen LogP contribution is -2.04. The van der Waals surface area contributed by atoms with Crippen molar-refractivity contribution in [2.45, 2.75) is 19.9 Å². The van der Waals surface area contributed by atoms with Gasteiger partial charge in [-0.05, 0) is 19.0 Å². The molecule has 0 unspecified atom stereocenters. The highest BCUT2D eigenvalue weighted by Crippen LogP contribution is 2.22. The van der Waals surface area contributed by atoms with E-state index in [9.17, 15) is 0 Å². The summed E-state index contributed by atoms with van der Waals surface area (Å²) in [5, 5.41) is 6.37. The van der Waals surface area contributed by atoms with E-state index in [0.717, 1.165) is 23.7 Å². The monoisotopic (exact) mass is 232 g/mol. The predicted molar refractivity (Wildman–Crippen MR) is 69.7 cm³/mol. The van der Waals surface area contributed by atoms with Gasteiger partial charge in [-0.25, -0.2) is 4.98 Å². The van der Waals surface area contributed by atoms with Crippen molar-refractivity contribution in [2.75, 3.05) is 7.05 Å². The van der Waals surface area contributed by atoms with Gasteiger partial charge in [-0.1, -0.05) is 31.2 Å². The molecule has 1 aromatic heterocycles. The van der Waals surface area contributed by atoms with E-state index in [1.807, 2.05) is 7.05 Å². The smallest absolute Gasteiger partial charge is 0.107 e. The van der Waals surface area contributed by atoms with Gasteiger partial charge in [-0.2, -0.15) is 0 Å². The minimum Gasteiger partial charge on any atom is -0.314 e. The van der Waals surface area contributed by atoms with Crippen LogP contribution >= 0.6 is 11.3 Å². The fraction of sp³-hybridized carbons (Fsp3) is 0.308. The fourth-order valence-electron chi connectivity index (χ4n) is 1.59. The number of thiazole rings is 1. The number of benzene rings is 1. The molecule has 2 rings (SSSR count). The third kappa shape index (κ3) is 2.49. The maximum Gasteiger partial charge on any atom is 0.107 e. The summed E-state index contributed by atoms with van der Waals surface area (Å²) in [6, 6.07) is 8.65. The Balaban J connectivity index is 2.21. The Bertz CT molecular complexity index is 445. The zero-order valence-corrected chi connectivity index (χ0v) is 10.5. The van der Waals surface area contributed by atoms with Gasteiger partial charge < -0.3 is 5.32 Å². The molecule has 0 aliphatic carbocycles.